The Balaban J connectivity index is 3.21. The average molecular weight is 397 g/mol. The Morgan fingerprint density at radius 3 is 2.36 bits per heavy atom. The Bertz CT molecular complexity index is 808. The maximum Gasteiger partial charge on any atom is 0.115 e. The maximum absolute atomic E-state index is 9.81. The van der Waals surface area contributed by atoms with Crippen molar-refractivity contribution in [3.8, 4) is 0 Å². The van der Waals surface area contributed by atoms with Crippen molar-refractivity contribution in [2.75, 3.05) is 0 Å². The number of thiol groups is 1. The van der Waals surface area contributed by atoms with E-state index in [4.69, 9.17) is 12.6 Å². The molecule has 0 aliphatic rings. The van der Waals surface area contributed by atoms with Gasteiger partial charge in [-0.3, -0.25) is 0 Å². The smallest absolute Gasteiger partial charge is 0.115 e. The number of hydrogen-bond acceptors (Lipinski definition) is 2. The molecule has 2 heteroatoms. The largest absolute Gasteiger partial charge is 0.508 e. The zero-order valence-electron chi connectivity index (χ0n) is 18.3. The molecule has 152 valence electrons. The number of aliphatic hydroxyl groups is 1. The van der Waals surface area contributed by atoms with Crippen molar-refractivity contribution in [2.45, 2.75) is 60.3 Å². The minimum absolute atomic E-state index is 0.0856. The van der Waals surface area contributed by atoms with Crippen molar-refractivity contribution in [3.05, 3.63) is 93.7 Å². The fraction of sp³-hybridized carbons (Fsp3) is 0.385. The molecule has 1 aromatic carbocycles. The molecular formula is C26H36OS. The van der Waals surface area contributed by atoms with Crippen LogP contribution >= 0.6 is 12.6 Å². The van der Waals surface area contributed by atoms with Crippen LogP contribution in [0, 0.1) is 19.8 Å². The molecule has 0 heterocycles. The monoisotopic (exact) mass is 396 g/mol. The van der Waals surface area contributed by atoms with E-state index in [0.29, 0.717) is 11.8 Å². The Hall–Kier alpha value is -1.93. The van der Waals surface area contributed by atoms with Crippen LogP contribution < -0.4 is 0 Å². The van der Waals surface area contributed by atoms with E-state index in [9.17, 15) is 5.11 Å². The minimum atomic E-state index is 0.0856. The van der Waals surface area contributed by atoms with Gasteiger partial charge in [-0.1, -0.05) is 63.4 Å². The molecule has 0 aliphatic heterocycles. The standard InChI is InChI=1S/C26H36OS/c1-9-11-12-26(28)20(6)16-25-21(7)17(3)13-14-24(25)19(5)15-18(4)23(10-2)22(8)27/h9-14,19-20,27-28H,4,8,15-16H2,1-3,5-7H3/b11-9-,23-10+,26-12-. The molecule has 0 aliphatic carbocycles. The lowest BCUT2D eigenvalue weighted by atomic mass is 9.82. The molecule has 0 radical (unpaired) electrons. The first-order valence-electron chi connectivity index (χ1n) is 9.97. The van der Waals surface area contributed by atoms with E-state index in [1.807, 2.05) is 32.1 Å². The highest BCUT2D eigenvalue weighted by atomic mass is 32.1. The molecule has 1 aromatic rings. The lowest BCUT2D eigenvalue weighted by molar-refractivity contribution is 0.426. The molecule has 2 atom stereocenters. The lowest BCUT2D eigenvalue weighted by Gasteiger charge is -2.23. The number of rotatable bonds is 9. The van der Waals surface area contributed by atoms with Gasteiger partial charge in [0.2, 0.25) is 0 Å². The molecule has 0 aromatic heterocycles. The molecule has 0 spiro atoms. The van der Waals surface area contributed by atoms with Crippen LogP contribution in [0.3, 0.4) is 0 Å². The molecule has 0 fully saturated rings. The van der Waals surface area contributed by atoms with Gasteiger partial charge in [-0.15, -0.1) is 12.6 Å². The summed E-state index contributed by atoms with van der Waals surface area (Å²) in [5, 5.41) is 9.81. The van der Waals surface area contributed by atoms with Crippen molar-refractivity contribution in [2.24, 2.45) is 5.92 Å². The molecule has 28 heavy (non-hydrogen) atoms. The highest BCUT2D eigenvalue weighted by molar-refractivity contribution is 7.84. The van der Waals surface area contributed by atoms with Gasteiger partial charge in [0.25, 0.3) is 0 Å². The van der Waals surface area contributed by atoms with Crippen LogP contribution in [-0.4, -0.2) is 5.11 Å². The van der Waals surface area contributed by atoms with Crippen LogP contribution in [0.2, 0.25) is 0 Å². The molecule has 1 rings (SSSR count). The number of aliphatic hydroxyl groups excluding tert-OH is 1. The third kappa shape index (κ3) is 6.31. The predicted octanol–water partition coefficient (Wildman–Crippen LogP) is 7.94. The van der Waals surface area contributed by atoms with Crippen molar-refractivity contribution in [3.63, 3.8) is 0 Å². The van der Waals surface area contributed by atoms with E-state index in [2.05, 4.69) is 59.1 Å². The van der Waals surface area contributed by atoms with E-state index < -0.39 is 0 Å². The summed E-state index contributed by atoms with van der Waals surface area (Å²) >= 11 is 4.70. The quantitative estimate of drug-likeness (QED) is 0.246. The third-order valence-corrected chi connectivity index (χ3v) is 6.03. The minimum Gasteiger partial charge on any atom is -0.508 e. The van der Waals surface area contributed by atoms with Crippen LogP contribution in [0.1, 0.15) is 62.3 Å². The first kappa shape index (κ1) is 24.1. The van der Waals surface area contributed by atoms with Crippen LogP contribution in [0.15, 0.2) is 71.4 Å². The Morgan fingerprint density at radius 1 is 1.18 bits per heavy atom. The van der Waals surface area contributed by atoms with Gasteiger partial charge in [0.05, 0.1) is 0 Å². The molecule has 0 saturated carbocycles. The summed E-state index contributed by atoms with van der Waals surface area (Å²) in [6, 6.07) is 4.45. The summed E-state index contributed by atoms with van der Waals surface area (Å²) < 4.78 is 0. The van der Waals surface area contributed by atoms with Gasteiger partial charge in [-0.2, -0.15) is 0 Å². The highest BCUT2D eigenvalue weighted by Gasteiger charge is 2.19. The molecule has 0 bridgehead atoms. The van der Waals surface area contributed by atoms with Crippen LogP contribution in [0.5, 0.6) is 0 Å². The Morgan fingerprint density at radius 2 is 1.82 bits per heavy atom. The summed E-state index contributed by atoms with van der Waals surface area (Å²) in [6.07, 6.45) is 9.75. The van der Waals surface area contributed by atoms with Crippen molar-refractivity contribution >= 4 is 12.6 Å². The van der Waals surface area contributed by atoms with Gasteiger partial charge in [0.15, 0.2) is 0 Å². The fourth-order valence-electron chi connectivity index (χ4n) is 3.56. The van der Waals surface area contributed by atoms with E-state index in [-0.39, 0.29) is 5.76 Å². The second kappa shape index (κ2) is 11.2. The Labute approximate surface area is 177 Å². The molecule has 1 N–H and O–H groups in total. The first-order chi connectivity index (χ1) is 13.1. The van der Waals surface area contributed by atoms with Crippen LogP contribution in [-0.2, 0) is 6.42 Å². The Kier molecular flexibility index (Phi) is 9.61. The summed E-state index contributed by atoms with van der Waals surface area (Å²) in [5.41, 5.74) is 7.08. The van der Waals surface area contributed by atoms with Crippen LogP contribution in [0.25, 0.3) is 0 Å². The molecule has 0 saturated heterocycles. The second-order valence-corrected chi connectivity index (χ2v) is 8.17. The van der Waals surface area contributed by atoms with E-state index in [1.165, 1.54) is 22.3 Å². The van der Waals surface area contributed by atoms with Crippen molar-refractivity contribution in [1.29, 1.82) is 0 Å². The molecular weight excluding hydrogens is 360 g/mol. The van der Waals surface area contributed by atoms with E-state index >= 15 is 0 Å². The summed E-state index contributed by atoms with van der Waals surface area (Å²) in [5.74, 6) is 0.728. The molecule has 1 nitrogen and oxygen atoms in total. The maximum atomic E-state index is 9.81. The van der Waals surface area contributed by atoms with Gasteiger partial charge < -0.3 is 5.11 Å². The van der Waals surface area contributed by atoms with Gasteiger partial charge in [0, 0.05) is 5.57 Å². The van der Waals surface area contributed by atoms with E-state index in [1.54, 1.807) is 0 Å². The third-order valence-electron chi connectivity index (χ3n) is 5.44. The fourth-order valence-corrected chi connectivity index (χ4v) is 3.74. The highest BCUT2D eigenvalue weighted by Crippen LogP contribution is 2.34. The van der Waals surface area contributed by atoms with Gasteiger partial charge >= 0.3 is 0 Å². The predicted molar refractivity (Wildman–Crippen MR) is 128 cm³/mol. The number of benzene rings is 1. The van der Waals surface area contributed by atoms with Gasteiger partial charge in [-0.05, 0) is 85.1 Å². The van der Waals surface area contributed by atoms with Crippen LogP contribution in [0.4, 0.5) is 0 Å². The molecule has 0 amide bonds. The molecule has 2 unspecified atom stereocenters. The number of allylic oxidation sites excluding steroid dienone is 6. The zero-order valence-corrected chi connectivity index (χ0v) is 19.2. The van der Waals surface area contributed by atoms with Gasteiger partial charge in [0.1, 0.15) is 5.76 Å². The lowest BCUT2D eigenvalue weighted by Crippen LogP contribution is -2.09. The number of aryl methyl sites for hydroxylation is 1. The topological polar surface area (TPSA) is 20.2 Å². The normalized spacial score (nSPS) is 15.0. The van der Waals surface area contributed by atoms with Crippen molar-refractivity contribution < 1.29 is 5.11 Å². The van der Waals surface area contributed by atoms with Gasteiger partial charge in [-0.25, -0.2) is 0 Å². The summed E-state index contributed by atoms with van der Waals surface area (Å²) in [4.78, 5) is 1.09. The second-order valence-electron chi connectivity index (χ2n) is 7.66. The SMILES string of the molecule is C=C(O)/C(=C/C)C(=C)CC(C)c1ccc(C)c(C)c1CC(C)/C(S)=C/C=C\C. The summed E-state index contributed by atoms with van der Waals surface area (Å²) in [6.45, 7) is 20.6. The zero-order chi connectivity index (χ0) is 21.4. The first-order valence-corrected chi connectivity index (χ1v) is 10.4. The average Bonchev–Trinajstić information content (AvgIpc) is 2.63. The van der Waals surface area contributed by atoms with Crippen molar-refractivity contribution in [1.82, 2.24) is 0 Å². The summed E-state index contributed by atoms with van der Waals surface area (Å²) in [7, 11) is 0. The number of hydrogen-bond donors (Lipinski definition) is 2. The van der Waals surface area contributed by atoms with E-state index in [0.717, 1.165) is 28.9 Å².